The molecule has 1 aromatic rings. The van der Waals surface area contributed by atoms with Gasteiger partial charge >= 0.3 is 0 Å². The number of aliphatic hydroxyl groups is 1. The van der Waals surface area contributed by atoms with Crippen LogP contribution in [0.1, 0.15) is 18.9 Å². The van der Waals surface area contributed by atoms with E-state index in [1.165, 1.54) is 0 Å². The summed E-state index contributed by atoms with van der Waals surface area (Å²) in [5.74, 6) is 2.34. The van der Waals surface area contributed by atoms with Gasteiger partial charge in [-0.05, 0) is 47.0 Å². The van der Waals surface area contributed by atoms with E-state index in [2.05, 4.69) is 31.1 Å². The van der Waals surface area contributed by atoms with E-state index in [0.717, 1.165) is 47.0 Å². The predicted octanol–water partition coefficient (Wildman–Crippen LogP) is 2.33. The smallest absolute Gasteiger partial charge is 0.231 e. The number of hydrogen-bond acceptors (Lipinski definition) is 4. The number of nitrogens with one attached hydrogen (secondary N) is 1. The fraction of sp³-hybridized carbons (Fsp3) is 0.533. The molecule has 0 bridgehead atoms. The first-order valence-corrected chi connectivity index (χ1v) is 8.26. The van der Waals surface area contributed by atoms with Gasteiger partial charge in [0, 0.05) is 19.6 Å². The Hall–Kier alpha value is -0.740. The molecule has 0 unspecified atom stereocenters. The quantitative estimate of drug-likeness (QED) is 0.381. The average molecular weight is 498 g/mol. The summed E-state index contributed by atoms with van der Waals surface area (Å²) in [6.45, 7) is 5.11. The van der Waals surface area contributed by atoms with Crippen LogP contribution in [0.4, 0.5) is 0 Å². The SMILES string of the molecule is CCNC(=NCc1cc(Br)c2c(c1)OCO2)N1CC[C@@H](O)C1.I. The van der Waals surface area contributed by atoms with Crippen molar-refractivity contribution in [3.63, 3.8) is 0 Å². The number of fused-ring (bicyclic) bond motifs is 1. The Balaban J connectivity index is 0.00000192. The summed E-state index contributed by atoms with van der Waals surface area (Å²) in [5.41, 5.74) is 1.05. The standard InChI is InChI=1S/C15H20BrN3O3.HI/c1-2-17-15(19-4-3-11(20)8-19)18-7-10-5-12(16)14-13(6-10)21-9-22-14;/h5-6,11,20H,2-4,7-9H2,1H3,(H,17,18);1H/t11-;/m1./s1. The number of guanidine groups is 1. The lowest BCUT2D eigenvalue weighted by molar-refractivity contribution is 0.173. The highest BCUT2D eigenvalue weighted by molar-refractivity contribution is 14.0. The van der Waals surface area contributed by atoms with Gasteiger partial charge in [-0.25, -0.2) is 4.99 Å². The van der Waals surface area contributed by atoms with Crippen LogP contribution in [0.15, 0.2) is 21.6 Å². The number of aliphatic imine (C=N–C) groups is 1. The normalized spacial score (nSPS) is 19.7. The van der Waals surface area contributed by atoms with Gasteiger partial charge in [-0.3, -0.25) is 0 Å². The van der Waals surface area contributed by atoms with Crippen LogP contribution in [0.25, 0.3) is 0 Å². The number of rotatable bonds is 3. The number of likely N-dealkylation sites (tertiary alicyclic amines) is 1. The average Bonchev–Trinajstić information content (AvgIpc) is 3.12. The molecule has 0 aromatic heterocycles. The molecule has 8 heteroatoms. The van der Waals surface area contributed by atoms with Crippen molar-refractivity contribution in [1.82, 2.24) is 10.2 Å². The van der Waals surface area contributed by atoms with Crippen molar-refractivity contribution in [3.05, 3.63) is 22.2 Å². The van der Waals surface area contributed by atoms with Crippen LogP contribution in [0.3, 0.4) is 0 Å². The lowest BCUT2D eigenvalue weighted by Gasteiger charge is -2.21. The first-order chi connectivity index (χ1) is 10.7. The fourth-order valence-electron chi connectivity index (χ4n) is 2.64. The lowest BCUT2D eigenvalue weighted by Crippen LogP contribution is -2.40. The number of hydrogen-bond donors (Lipinski definition) is 2. The van der Waals surface area contributed by atoms with Crippen LogP contribution in [-0.4, -0.2) is 48.5 Å². The van der Waals surface area contributed by atoms with Gasteiger partial charge in [0.15, 0.2) is 17.5 Å². The van der Waals surface area contributed by atoms with Crippen molar-refractivity contribution in [2.75, 3.05) is 26.4 Å². The van der Waals surface area contributed by atoms with Crippen molar-refractivity contribution < 1.29 is 14.6 Å². The van der Waals surface area contributed by atoms with E-state index in [4.69, 9.17) is 9.47 Å². The number of aliphatic hydroxyl groups excluding tert-OH is 1. The van der Waals surface area contributed by atoms with Crippen molar-refractivity contribution in [2.45, 2.75) is 26.0 Å². The molecule has 0 radical (unpaired) electrons. The van der Waals surface area contributed by atoms with Crippen LogP contribution in [0.2, 0.25) is 0 Å². The van der Waals surface area contributed by atoms with Gasteiger partial charge in [-0.1, -0.05) is 0 Å². The zero-order chi connectivity index (χ0) is 15.5. The third-order valence-corrected chi connectivity index (χ3v) is 4.29. The molecule has 0 saturated carbocycles. The molecule has 6 nitrogen and oxygen atoms in total. The van der Waals surface area contributed by atoms with Gasteiger partial charge in [0.1, 0.15) is 0 Å². The van der Waals surface area contributed by atoms with Gasteiger partial charge in [-0.2, -0.15) is 0 Å². The fourth-order valence-corrected chi connectivity index (χ4v) is 3.24. The Labute approximate surface area is 161 Å². The molecule has 1 atom stereocenters. The monoisotopic (exact) mass is 497 g/mol. The molecule has 1 saturated heterocycles. The van der Waals surface area contributed by atoms with Crippen LogP contribution >= 0.6 is 39.9 Å². The molecule has 1 aromatic carbocycles. The third-order valence-electron chi connectivity index (χ3n) is 3.70. The second kappa shape index (κ2) is 8.39. The second-order valence-electron chi connectivity index (χ2n) is 5.37. The highest BCUT2D eigenvalue weighted by atomic mass is 127. The molecule has 0 amide bonds. The minimum absolute atomic E-state index is 0. The minimum atomic E-state index is -0.261. The van der Waals surface area contributed by atoms with E-state index in [1.807, 2.05) is 19.1 Å². The maximum Gasteiger partial charge on any atom is 0.231 e. The molecule has 3 rings (SSSR count). The molecule has 0 spiro atoms. The molecule has 0 aliphatic carbocycles. The molecule has 128 valence electrons. The van der Waals surface area contributed by atoms with Crippen molar-refractivity contribution in [3.8, 4) is 11.5 Å². The molecule has 2 heterocycles. The predicted molar refractivity (Wildman–Crippen MR) is 103 cm³/mol. The summed E-state index contributed by atoms with van der Waals surface area (Å²) in [4.78, 5) is 6.76. The first-order valence-electron chi connectivity index (χ1n) is 7.46. The van der Waals surface area contributed by atoms with Crippen LogP contribution in [0, 0.1) is 0 Å². The molecule has 2 aliphatic heterocycles. The number of β-amino-alcohol motifs (C(OH)–C–C–N with tert-alkyl or cyclic N) is 1. The molecule has 1 fully saturated rings. The maximum absolute atomic E-state index is 9.68. The van der Waals surface area contributed by atoms with Gasteiger partial charge in [0.2, 0.25) is 6.79 Å². The minimum Gasteiger partial charge on any atom is -0.454 e. The van der Waals surface area contributed by atoms with Crippen molar-refractivity contribution in [1.29, 1.82) is 0 Å². The maximum atomic E-state index is 9.68. The van der Waals surface area contributed by atoms with E-state index < -0.39 is 0 Å². The van der Waals surface area contributed by atoms with Crippen molar-refractivity contribution in [2.24, 2.45) is 4.99 Å². The van der Waals surface area contributed by atoms with E-state index in [9.17, 15) is 5.11 Å². The lowest BCUT2D eigenvalue weighted by atomic mass is 10.2. The van der Waals surface area contributed by atoms with Gasteiger partial charge in [0.25, 0.3) is 0 Å². The van der Waals surface area contributed by atoms with E-state index >= 15 is 0 Å². The Kier molecular flexibility index (Phi) is 6.78. The number of halogens is 2. The zero-order valence-electron chi connectivity index (χ0n) is 12.9. The van der Waals surface area contributed by atoms with E-state index in [-0.39, 0.29) is 36.9 Å². The Bertz CT molecular complexity index is 585. The zero-order valence-corrected chi connectivity index (χ0v) is 16.8. The van der Waals surface area contributed by atoms with Gasteiger partial charge in [0.05, 0.1) is 17.1 Å². The second-order valence-corrected chi connectivity index (χ2v) is 6.22. The molecular weight excluding hydrogens is 477 g/mol. The van der Waals surface area contributed by atoms with Crippen LogP contribution in [-0.2, 0) is 6.54 Å². The third kappa shape index (κ3) is 4.42. The topological polar surface area (TPSA) is 66.3 Å². The number of ether oxygens (including phenoxy) is 2. The molecule has 2 N–H and O–H groups in total. The molecule has 2 aliphatic rings. The Morgan fingerprint density at radius 3 is 3.00 bits per heavy atom. The summed E-state index contributed by atoms with van der Waals surface area (Å²) in [5, 5.41) is 13.0. The largest absolute Gasteiger partial charge is 0.454 e. The number of nitrogens with zero attached hydrogens (tertiary/aromatic N) is 2. The van der Waals surface area contributed by atoms with Gasteiger partial charge < -0.3 is 24.8 Å². The van der Waals surface area contributed by atoms with Crippen LogP contribution in [0.5, 0.6) is 11.5 Å². The van der Waals surface area contributed by atoms with E-state index in [1.54, 1.807) is 0 Å². The highest BCUT2D eigenvalue weighted by Crippen LogP contribution is 2.40. The molecule has 23 heavy (non-hydrogen) atoms. The van der Waals surface area contributed by atoms with Gasteiger partial charge in [-0.15, -0.1) is 24.0 Å². The van der Waals surface area contributed by atoms with Crippen molar-refractivity contribution >= 4 is 45.9 Å². The Morgan fingerprint density at radius 1 is 1.48 bits per heavy atom. The first kappa shape index (κ1) is 18.6. The van der Waals surface area contributed by atoms with Crippen LogP contribution < -0.4 is 14.8 Å². The summed E-state index contributed by atoms with van der Waals surface area (Å²) in [7, 11) is 0. The summed E-state index contributed by atoms with van der Waals surface area (Å²) in [6.07, 6.45) is 0.531. The highest BCUT2D eigenvalue weighted by Gasteiger charge is 2.23. The Morgan fingerprint density at radius 2 is 2.30 bits per heavy atom. The molecular formula is C15H21BrIN3O3. The summed E-state index contributed by atoms with van der Waals surface area (Å²) in [6, 6.07) is 3.96. The summed E-state index contributed by atoms with van der Waals surface area (Å²) >= 11 is 3.50. The summed E-state index contributed by atoms with van der Waals surface area (Å²) < 4.78 is 11.7. The number of benzene rings is 1. The van der Waals surface area contributed by atoms with E-state index in [0.29, 0.717) is 13.1 Å².